The Bertz CT molecular complexity index is 1440. The second-order valence-corrected chi connectivity index (χ2v) is 17.4. The molecule has 1 aliphatic rings. The maximum Gasteiger partial charge on any atom is 0.472 e. The predicted molar refractivity (Wildman–Crippen MR) is 250 cm³/mol. The van der Waals surface area contributed by atoms with Crippen molar-refractivity contribution < 1.29 is 68.2 Å². The van der Waals surface area contributed by atoms with E-state index in [1.165, 1.54) is 19.3 Å². The lowest BCUT2D eigenvalue weighted by Crippen LogP contribution is -2.64. The molecule has 0 radical (unpaired) electrons. The van der Waals surface area contributed by atoms with Gasteiger partial charge in [-0.05, 0) is 96.3 Å². The first-order chi connectivity index (χ1) is 30.9. The van der Waals surface area contributed by atoms with Crippen molar-refractivity contribution in [3.05, 3.63) is 85.1 Å². The monoisotopic (exact) mass is 925 g/mol. The molecule has 366 valence electrons. The van der Waals surface area contributed by atoms with Crippen LogP contribution in [-0.4, -0.2) is 110 Å². The van der Waals surface area contributed by atoms with Gasteiger partial charge in [0, 0.05) is 19.4 Å². The molecule has 0 spiro atoms. The highest BCUT2D eigenvalue weighted by atomic mass is 31.2. The Hall–Kier alpha value is -3.01. The van der Waals surface area contributed by atoms with E-state index < -0.39 is 75.7 Å². The maximum absolute atomic E-state index is 12.8. The van der Waals surface area contributed by atoms with Crippen molar-refractivity contribution in [2.45, 2.75) is 191 Å². The molecule has 7 N–H and O–H groups in total. The standard InChI is InChI=1S/C49H81O14P/c1-2-3-4-5-6-7-8-9-10-12-16-19-22-25-28-31-34-37-43(52)62-41(40-61-64(58,59)63-49-47(56)45(54)44(53)46(55)48(49)57)39-60-42(51)36-33-30-27-24-21-18-15-13-11-14-17-20-23-26-29-32-35-38-50/h6-7,9-11,14-16,18-20,23-24,27,41,44-50,53-57H,2-5,8,12-13,17,21-22,25-26,28-40H2,1H3,(H,58,59)/b7-6-,10-9-,14-11-,18-15-,19-16-,23-20-,27-24-/t41-,44?,45-,46+,47-,48-,49?/m1/s1. The van der Waals surface area contributed by atoms with Gasteiger partial charge in [0.1, 0.15) is 43.2 Å². The average Bonchev–Trinajstić information content (AvgIpc) is 3.28. The van der Waals surface area contributed by atoms with Crippen LogP contribution in [0, 0.1) is 0 Å². The van der Waals surface area contributed by atoms with E-state index in [2.05, 4.69) is 79.8 Å². The lowest BCUT2D eigenvalue weighted by Gasteiger charge is -2.41. The van der Waals surface area contributed by atoms with Crippen molar-refractivity contribution >= 4 is 19.8 Å². The van der Waals surface area contributed by atoms with E-state index in [0.29, 0.717) is 19.3 Å². The second kappa shape index (κ2) is 39.2. The fraction of sp³-hybridized carbons (Fsp3) is 0.673. The van der Waals surface area contributed by atoms with Gasteiger partial charge in [0.2, 0.25) is 0 Å². The molecular weight excluding hydrogens is 843 g/mol. The number of aliphatic hydroxyl groups is 6. The van der Waals surface area contributed by atoms with Crippen molar-refractivity contribution in [3.63, 3.8) is 0 Å². The van der Waals surface area contributed by atoms with E-state index >= 15 is 0 Å². The average molecular weight is 925 g/mol. The number of hydrogen-bond acceptors (Lipinski definition) is 13. The van der Waals surface area contributed by atoms with Crippen LogP contribution in [0.1, 0.15) is 148 Å². The van der Waals surface area contributed by atoms with Crippen LogP contribution in [-0.2, 0) is 32.7 Å². The van der Waals surface area contributed by atoms with E-state index in [1.54, 1.807) is 0 Å². The first kappa shape index (κ1) is 59.0. The summed E-state index contributed by atoms with van der Waals surface area (Å²) in [6, 6.07) is 0. The van der Waals surface area contributed by atoms with Gasteiger partial charge in [0.25, 0.3) is 0 Å². The Morgan fingerprint density at radius 2 is 0.922 bits per heavy atom. The first-order valence-electron chi connectivity index (χ1n) is 23.5. The molecule has 1 fully saturated rings. The van der Waals surface area contributed by atoms with Gasteiger partial charge >= 0.3 is 19.8 Å². The Morgan fingerprint density at radius 1 is 0.516 bits per heavy atom. The summed E-state index contributed by atoms with van der Waals surface area (Å²) in [4.78, 5) is 35.7. The molecule has 1 aliphatic carbocycles. The van der Waals surface area contributed by atoms with Crippen molar-refractivity contribution in [1.82, 2.24) is 0 Å². The van der Waals surface area contributed by atoms with E-state index in [9.17, 15) is 44.6 Å². The maximum atomic E-state index is 12.8. The molecule has 3 unspecified atom stereocenters. The van der Waals surface area contributed by atoms with Gasteiger partial charge in [0.15, 0.2) is 6.10 Å². The number of carbonyl (C=O) groups excluding carboxylic acids is 2. The molecule has 1 rings (SSSR count). The molecule has 14 nitrogen and oxygen atoms in total. The summed E-state index contributed by atoms with van der Waals surface area (Å²) in [5, 5.41) is 59.0. The van der Waals surface area contributed by atoms with Crippen LogP contribution in [0.2, 0.25) is 0 Å². The molecule has 15 heteroatoms. The van der Waals surface area contributed by atoms with Crippen LogP contribution >= 0.6 is 7.82 Å². The quantitative estimate of drug-likeness (QED) is 0.0134. The van der Waals surface area contributed by atoms with Gasteiger partial charge < -0.3 is 45.0 Å². The number of rotatable bonds is 38. The smallest absolute Gasteiger partial charge is 0.462 e. The highest BCUT2D eigenvalue weighted by molar-refractivity contribution is 7.47. The number of phosphoric acid groups is 1. The first-order valence-corrected chi connectivity index (χ1v) is 25.0. The van der Waals surface area contributed by atoms with Crippen molar-refractivity contribution in [2.75, 3.05) is 19.8 Å². The zero-order valence-corrected chi connectivity index (χ0v) is 39.1. The molecule has 0 aromatic heterocycles. The largest absolute Gasteiger partial charge is 0.472 e. The fourth-order valence-electron chi connectivity index (χ4n) is 6.44. The van der Waals surface area contributed by atoms with Crippen LogP contribution in [0.5, 0.6) is 0 Å². The second-order valence-electron chi connectivity index (χ2n) is 16.0. The number of ether oxygens (including phenoxy) is 2. The fourth-order valence-corrected chi connectivity index (χ4v) is 7.41. The molecule has 0 amide bonds. The van der Waals surface area contributed by atoms with Gasteiger partial charge in [-0.15, -0.1) is 0 Å². The molecule has 64 heavy (non-hydrogen) atoms. The Morgan fingerprint density at radius 3 is 1.41 bits per heavy atom. The molecule has 0 bridgehead atoms. The van der Waals surface area contributed by atoms with E-state index in [-0.39, 0.29) is 19.4 Å². The Kier molecular flexibility index (Phi) is 36.1. The molecule has 0 saturated heterocycles. The molecular formula is C49H81O14P. The van der Waals surface area contributed by atoms with Crippen LogP contribution in [0.25, 0.3) is 0 Å². The van der Waals surface area contributed by atoms with Crippen LogP contribution in [0.4, 0.5) is 0 Å². The number of phosphoric ester groups is 1. The molecule has 0 aromatic rings. The number of unbranched alkanes of at least 4 members (excludes halogenated alkanes) is 11. The third kappa shape index (κ3) is 31.0. The Balaban J connectivity index is 2.52. The summed E-state index contributed by atoms with van der Waals surface area (Å²) < 4.78 is 33.4. The van der Waals surface area contributed by atoms with Crippen molar-refractivity contribution in [1.29, 1.82) is 0 Å². The van der Waals surface area contributed by atoms with Crippen molar-refractivity contribution in [3.8, 4) is 0 Å². The molecule has 0 aliphatic heterocycles. The highest BCUT2D eigenvalue weighted by Gasteiger charge is 2.51. The topological polar surface area (TPSA) is 230 Å². The zero-order valence-electron chi connectivity index (χ0n) is 38.2. The Labute approximate surface area is 382 Å². The highest BCUT2D eigenvalue weighted by Crippen LogP contribution is 2.47. The van der Waals surface area contributed by atoms with Gasteiger partial charge in [-0.1, -0.05) is 124 Å². The number of aliphatic hydroxyl groups excluding tert-OH is 6. The molecule has 0 heterocycles. The number of esters is 2. The number of carbonyl (C=O) groups is 2. The van der Waals surface area contributed by atoms with Gasteiger partial charge in [-0.3, -0.25) is 18.6 Å². The number of hydrogen-bond donors (Lipinski definition) is 7. The van der Waals surface area contributed by atoms with Crippen LogP contribution in [0.15, 0.2) is 85.1 Å². The van der Waals surface area contributed by atoms with E-state index in [1.807, 2.05) is 12.2 Å². The minimum absolute atomic E-state index is 0.0492. The SMILES string of the molecule is CCCCC/C=C\C/C=C\C/C=C\CCCCCCC(=O)O[C@H](COC(=O)CCC/C=C\C/C=C\C/C=C\C/C=C\CCCCCO)COP(=O)(O)OC1[C@H](O)[C@H](O)C(O)[C@H](O)[C@H]1O. The van der Waals surface area contributed by atoms with Gasteiger partial charge in [0.05, 0.1) is 6.61 Å². The summed E-state index contributed by atoms with van der Waals surface area (Å²) in [6.45, 7) is 1.20. The lowest BCUT2D eigenvalue weighted by molar-refractivity contribution is -0.220. The molecule has 0 aromatic carbocycles. The summed E-state index contributed by atoms with van der Waals surface area (Å²) >= 11 is 0. The minimum atomic E-state index is -5.15. The third-order valence-electron chi connectivity index (χ3n) is 10.3. The van der Waals surface area contributed by atoms with Gasteiger partial charge in [-0.25, -0.2) is 4.57 Å². The van der Waals surface area contributed by atoms with Crippen molar-refractivity contribution in [2.24, 2.45) is 0 Å². The zero-order chi connectivity index (χ0) is 47.1. The van der Waals surface area contributed by atoms with Crippen LogP contribution in [0.3, 0.4) is 0 Å². The summed E-state index contributed by atoms with van der Waals surface area (Å²) in [5.41, 5.74) is 0. The molecule has 1 saturated carbocycles. The van der Waals surface area contributed by atoms with E-state index in [0.717, 1.165) is 89.9 Å². The van der Waals surface area contributed by atoms with Gasteiger partial charge in [-0.2, -0.15) is 0 Å². The summed E-state index contributed by atoms with van der Waals surface area (Å²) in [7, 11) is -5.15. The third-order valence-corrected chi connectivity index (χ3v) is 11.2. The predicted octanol–water partition coefficient (Wildman–Crippen LogP) is 8.25. The summed E-state index contributed by atoms with van der Waals surface area (Å²) in [5.74, 6) is -1.21. The molecule has 8 atom stereocenters. The van der Waals surface area contributed by atoms with Crippen LogP contribution < -0.4 is 0 Å². The lowest BCUT2D eigenvalue weighted by atomic mass is 9.85. The normalized spacial score (nSPS) is 22.3. The number of allylic oxidation sites excluding steroid dienone is 14. The minimum Gasteiger partial charge on any atom is -0.462 e. The van der Waals surface area contributed by atoms with E-state index in [4.69, 9.17) is 23.6 Å². The summed E-state index contributed by atoms with van der Waals surface area (Å²) in [6.07, 6.45) is 35.0.